The van der Waals surface area contributed by atoms with Crippen molar-refractivity contribution in [2.75, 3.05) is 0 Å². The Hall–Kier alpha value is 1.33. The summed E-state index contributed by atoms with van der Waals surface area (Å²) in [6.45, 7) is 0. The molecule has 0 aliphatic rings. The van der Waals surface area contributed by atoms with Crippen molar-refractivity contribution in [2.24, 2.45) is 0 Å². The molecule has 0 unspecified atom stereocenters. The summed E-state index contributed by atoms with van der Waals surface area (Å²) in [4.78, 5) is 0. The van der Waals surface area contributed by atoms with Gasteiger partial charge in [-0.15, -0.1) is 0 Å². The number of hydrogen-bond donors (Lipinski definition) is 0. The maximum atomic E-state index is 0. The molecule has 0 saturated carbocycles. The van der Waals surface area contributed by atoms with Crippen LogP contribution in [0.3, 0.4) is 0 Å². The molecule has 0 spiro atoms. The molecule has 2 radical (unpaired) electrons. The monoisotopic (exact) mass is 176 g/mol. The van der Waals surface area contributed by atoms with E-state index in [1.165, 1.54) is 0 Å². The Labute approximate surface area is 59.4 Å². The largest absolute Gasteiger partial charge is 3.00 e. The van der Waals surface area contributed by atoms with E-state index >= 15 is 0 Å². The van der Waals surface area contributed by atoms with Crippen molar-refractivity contribution in [1.82, 2.24) is 0 Å². The van der Waals surface area contributed by atoms with E-state index in [-0.39, 0.29) is 59.3 Å². The normalized spacial score (nSPS) is 0. The minimum absolute atomic E-state index is 0. The Morgan fingerprint density at radius 3 is 0.600 bits per heavy atom. The standard InChI is InChI=1S/3ClH.Cr.F/h3*1H;;/q;;;+3;/p-3. The third-order valence-electron chi connectivity index (χ3n) is 0. The molecule has 0 amide bonds. The Kier molecular flexibility index (Phi) is 1140. The van der Waals surface area contributed by atoms with Crippen molar-refractivity contribution in [2.45, 2.75) is 0 Å². The van der Waals surface area contributed by atoms with Gasteiger partial charge in [-0.1, -0.05) is 0 Å². The van der Waals surface area contributed by atoms with Crippen LogP contribution in [0.1, 0.15) is 0 Å². The summed E-state index contributed by atoms with van der Waals surface area (Å²) in [5.74, 6) is 0. The van der Waals surface area contributed by atoms with Crippen LogP contribution in [0.4, 0.5) is 4.70 Å². The van der Waals surface area contributed by atoms with Gasteiger partial charge in [0.2, 0.25) is 0 Å². The molecule has 0 atom stereocenters. The SMILES string of the molecule is [Cl-].[Cl-].[Cl-].[Cr+3].[F]. The molecular formula is Cl3CrF. The molecule has 34 valence electrons. The van der Waals surface area contributed by atoms with Crippen molar-refractivity contribution < 1.29 is 59.3 Å². The summed E-state index contributed by atoms with van der Waals surface area (Å²) in [6.07, 6.45) is 0. The molecule has 0 bridgehead atoms. The first-order valence-corrected chi connectivity index (χ1v) is 0. The molecule has 0 nitrogen and oxygen atoms in total. The van der Waals surface area contributed by atoms with E-state index in [1.807, 2.05) is 0 Å². The van der Waals surface area contributed by atoms with E-state index in [0.717, 1.165) is 0 Å². The Morgan fingerprint density at radius 2 is 0.600 bits per heavy atom. The van der Waals surface area contributed by atoms with Gasteiger partial charge in [0.25, 0.3) is 0 Å². The molecule has 0 aromatic carbocycles. The van der Waals surface area contributed by atoms with Crippen LogP contribution in [0.5, 0.6) is 0 Å². The average Bonchev–Trinajstić information content (AvgIpc) is 0. The van der Waals surface area contributed by atoms with Gasteiger partial charge in [-0.25, -0.2) is 0 Å². The van der Waals surface area contributed by atoms with Gasteiger partial charge in [-0.2, -0.15) is 0 Å². The second-order valence-electron chi connectivity index (χ2n) is 0. The minimum Gasteiger partial charge on any atom is -1.00 e. The summed E-state index contributed by atoms with van der Waals surface area (Å²) in [7, 11) is 0. The second-order valence-corrected chi connectivity index (χ2v) is 0. The van der Waals surface area contributed by atoms with E-state index in [0.29, 0.717) is 0 Å². The Morgan fingerprint density at radius 1 is 0.600 bits per heavy atom. The molecule has 0 saturated heterocycles. The molecule has 0 aliphatic heterocycles. The van der Waals surface area contributed by atoms with Gasteiger partial charge in [-0.05, 0) is 0 Å². The maximum Gasteiger partial charge on any atom is 3.00 e. The molecule has 5 heavy (non-hydrogen) atoms. The van der Waals surface area contributed by atoms with Gasteiger partial charge in [-0.3, -0.25) is 0 Å². The summed E-state index contributed by atoms with van der Waals surface area (Å²) >= 11 is 0. The Balaban J connectivity index is 0. The topological polar surface area (TPSA) is 0 Å². The first kappa shape index (κ1) is 101. The maximum absolute atomic E-state index is 0. The van der Waals surface area contributed by atoms with Crippen LogP contribution in [0.25, 0.3) is 0 Å². The van der Waals surface area contributed by atoms with Gasteiger partial charge in [0.1, 0.15) is 0 Å². The quantitative estimate of drug-likeness (QED) is 0.345. The zero-order chi connectivity index (χ0) is 0. The van der Waals surface area contributed by atoms with Crippen LogP contribution < -0.4 is 37.2 Å². The minimum atomic E-state index is 0. The van der Waals surface area contributed by atoms with E-state index in [2.05, 4.69) is 0 Å². The second kappa shape index (κ2) is 56.4. The van der Waals surface area contributed by atoms with Crippen LogP contribution in [-0.2, 0) is 17.4 Å². The Bertz CT molecular complexity index is 6.85. The first-order chi connectivity index (χ1) is 0. The molecule has 5 heteroatoms. The van der Waals surface area contributed by atoms with Gasteiger partial charge in [0.05, 0.1) is 0 Å². The average molecular weight is 177 g/mol. The van der Waals surface area contributed by atoms with Crippen LogP contribution in [0.15, 0.2) is 0 Å². The molecule has 0 fully saturated rings. The van der Waals surface area contributed by atoms with E-state index < -0.39 is 0 Å². The zero-order valence-electron chi connectivity index (χ0n) is 1.92. The van der Waals surface area contributed by atoms with Crippen molar-refractivity contribution >= 4 is 0 Å². The van der Waals surface area contributed by atoms with Crippen molar-refractivity contribution in [3.8, 4) is 0 Å². The smallest absolute Gasteiger partial charge is 1.00 e. The van der Waals surface area contributed by atoms with Crippen molar-refractivity contribution in [1.29, 1.82) is 0 Å². The zero-order valence-corrected chi connectivity index (χ0v) is 5.46. The van der Waals surface area contributed by atoms with Gasteiger partial charge in [0.15, 0.2) is 0 Å². The summed E-state index contributed by atoms with van der Waals surface area (Å²) in [5, 5.41) is 0. The summed E-state index contributed by atoms with van der Waals surface area (Å²) in [5.41, 5.74) is 0. The fourth-order valence-electron chi connectivity index (χ4n) is 0. The summed E-state index contributed by atoms with van der Waals surface area (Å²) < 4.78 is 0. The molecule has 0 aromatic rings. The van der Waals surface area contributed by atoms with Crippen LogP contribution in [-0.4, -0.2) is 0 Å². The van der Waals surface area contributed by atoms with E-state index in [4.69, 9.17) is 0 Å². The van der Waals surface area contributed by atoms with Gasteiger partial charge < -0.3 is 37.2 Å². The van der Waals surface area contributed by atoms with Crippen molar-refractivity contribution in [3.05, 3.63) is 0 Å². The number of halogens is 4. The van der Waals surface area contributed by atoms with Crippen LogP contribution in [0.2, 0.25) is 0 Å². The molecule has 0 rings (SSSR count). The number of rotatable bonds is 0. The van der Waals surface area contributed by atoms with Crippen LogP contribution >= 0.6 is 0 Å². The molecule has 0 aromatic heterocycles. The molecule has 0 N–H and O–H groups in total. The summed E-state index contributed by atoms with van der Waals surface area (Å²) in [6, 6.07) is 0. The van der Waals surface area contributed by atoms with E-state index in [1.54, 1.807) is 0 Å². The molecule has 0 aliphatic carbocycles. The van der Waals surface area contributed by atoms with Gasteiger partial charge >= 0.3 is 17.4 Å². The van der Waals surface area contributed by atoms with Crippen molar-refractivity contribution in [3.63, 3.8) is 0 Å². The molecule has 0 heterocycles. The predicted octanol–water partition coefficient (Wildman–Crippen LogP) is -8.57. The third kappa shape index (κ3) is 33.4. The third-order valence-corrected chi connectivity index (χ3v) is 0. The van der Waals surface area contributed by atoms with Gasteiger partial charge in [0, 0.05) is 4.70 Å². The fourth-order valence-corrected chi connectivity index (χ4v) is 0. The first-order valence-electron chi connectivity index (χ1n) is 0. The number of hydrogen-bond acceptors (Lipinski definition) is 0. The predicted molar refractivity (Wildman–Crippen MR) is 1.11 cm³/mol. The fraction of sp³-hybridized carbons (Fsp3) is 0. The van der Waals surface area contributed by atoms with Crippen LogP contribution in [0, 0.1) is 0 Å². The molecular weight excluding hydrogens is 177 g/mol. The van der Waals surface area contributed by atoms with E-state index in [9.17, 15) is 0 Å².